The first-order chi connectivity index (χ1) is 14.2. The van der Waals surface area contributed by atoms with Crippen molar-refractivity contribution in [2.75, 3.05) is 0 Å². The van der Waals surface area contributed by atoms with Crippen molar-refractivity contribution >= 4 is 8.25 Å². The summed E-state index contributed by atoms with van der Waals surface area (Å²) in [4.78, 5) is 0. The average molecular weight is 622 g/mol. The molecule has 30 heavy (non-hydrogen) atoms. The Hall–Kier alpha value is 0.925. The second-order valence-electron chi connectivity index (χ2n) is 12.6. The van der Waals surface area contributed by atoms with Crippen LogP contribution in [0.4, 0.5) is 0 Å². The van der Waals surface area contributed by atoms with Gasteiger partial charge in [-0.25, -0.2) is 0 Å². The SMILES string of the molecule is CC(C)CCC[C@@H](C)C1CCC2C3C[C]([Hg][Cl])=C4C[C@@H](O)CC[C@]4(C)C3CC[C@@]21C. The predicted molar refractivity (Wildman–Crippen MR) is 124 cm³/mol. The first kappa shape index (κ1) is 24.1. The van der Waals surface area contributed by atoms with Crippen molar-refractivity contribution in [1.29, 1.82) is 0 Å². The minimum atomic E-state index is -1.46. The van der Waals surface area contributed by atoms with Crippen molar-refractivity contribution in [3.8, 4) is 0 Å². The van der Waals surface area contributed by atoms with Gasteiger partial charge in [-0.3, -0.25) is 0 Å². The molecule has 0 aromatic rings. The third-order valence-corrected chi connectivity index (χ3v) is 17.5. The van der Waals surface area contributed by atoms with E-state index in [4.69, 9.17) is 8.25 Å². The molecule has 8 atom stereocenters. The van der Waals surface area contributed by atoms with Crippen LogP contribution in [0.2, 0.25) is 0 Å². The van der Waals surface area contributed by atoms with Gasteiger partial charge in [-0.1, -0.05) is 0 Å². The summed E-state index contributed by atoms with van der Waals surface area (Å²) in [6.45, 7) is 12.6. The van der Waals surface area contributed by atoms with E-state index in [9.17, 15) is 5.11 Å². The van der Waals surface area contributed by atoms with Crippen molar-refractivity contribution in [2.45, 2.75) is 111 Å². The molecule has 0 saturated heterocycles. The average Bonchev–Trinajstić information content (AvgIpc) is 3.05. The predicted octanol–water partition coefficient (Wildman–Crippen LogP) is 7.95. The van der Waals surface area contributed by atoms with Crippen LogP contribution in [-0.4, -0.2) is 11.2 Å². The molecule has 0 spiro atoms. The van der Waals surface area contributed by atoms with Crippen molar-refractivity contribution in [3.63, 3.8) is 0 Å². The van der Waals surface area contributed by atoms with Gasteiger partial charge < -0.3 is 0 Å². The van der Waals surface area contributed by atoms with Gasteiger partial charge in [-0.2, -0.15) is 0 Å². The molecule has 0 heterocycles. The van der Waals surface area contributed by atoms with E-state index >= 15 is 0 Å². The number of fused-ring (bicyclic) bond motifs is 5. The molecule has 4 aliphatic rings. The molecule has 3 saturated carbocycles. The fourth-order valence-corrected chi connectivity index (χ4v) is 15.9. The maximum atomic E-state index is 10.4. The summed E-state index contributed by atoms with van der Waals surface area (Å²) < 4.78 is 1.73. The molecule has 168 valence electrons. The molecule has 0 radical (unpaired) electrons. The molecule has 3 fully saturated rings. The molecule has 0 aromatic carbocycles. The summed E-state index contributed by atoms with van der Waals surface area (Å²) in [7, 11) is 6.76. The number of hydrogen-bond donors (Lipinski definition) is 1. The molecule has 0 aliphatic heterocycles. The summed E-state index contributed by atoms with van der Waals surface area (Å²) in [5, 5.41) is 10.4. The molecular weight excluding hydrogens is 576 g/mol. The van der Waals surface area contributed by atoms with E-state index in [0.717, 1.165) is 48.3 Å². The molecule has 0 amide bonds. The van der Waals surface area contributed by atoms with Crippen LogP contribution in [0.5, 0.6) is 0 Å². The van der Waals surface area contributed by atoms with Gasteiger partial charge in [0, 0.05) is 0 Å². The molecule has 4 aliphatic carbocycles. The van der Waals surface area contributed by atoms with Crippen LogP contribution in [-0.2, 0) is 23.3 Å². The summed E-state index contributed by atoms with van der Waals surface area (Å²) in [6, 6.07) is 0. The quantitative estimate of drug-likeness (QED) is 0.299. The van der Waals surface area contributed by atoms with Crippen LogP contribution in [0.15, 0.2) is 8.65 Å². The summed E-state index contributed by atoms with van der Waals surface area (Å²) in [5.74, 6) is 5.33. The molecule has 1 nitrogen and oxygen atoms in total. The standard InChI is InChI=1S/C27H45O.ClH.Hg/c1-18(2)7-6-8-19(3)23-11-12-24-22-10-9-20-17-21(28)13-15-26(20,4)25(22)14-16-27(23,24)5;;/h18-19,21-25,28H,6-8,10-17H2,1-5H3;1H;/q;;+1/p-1/t19-,21+,22?,23?,24?,25?,26+,27-;;/m1../s1. The Balaban J connectivity index is 1.55. The number of halogens is 1. The normalized spacial score (nSPS) is 44.3. The first-order valence-corrected chi connectivity index (χ1v) is 22.7. The zero-order chi connectivity index (χ0) is 21.7. The van der Waals surface area contributed by atoms with E-state index in [1.54, 1.807) is 8.65 Å². The number of allylic oxidation sites excluding steroid dienone is 1. The van der Waals surface area contributed by atoms with Gasteiger partial charge in [0.2, 0.25) is 0 Å². The zero-order valence-corrected chi connectivity index (χ0v) is 26.6. The summed E-state index contributed by atoms with van der Waals surface area (Å²) in [5.41, 5.74) is 2.59. The van der Waals surface area contributed by atoms with E-state index in [-0.39, 0.29) is 6.10 Å². The van der Waals surface area contributed by atoms with E-state index in [2.05, 4.69) is 34.6 Å². The third kappa shape index (κ3) is 4.13. The molecule has 0 aromatic heterocycles. The number of rotatable bonds is 6. The van der Waals surface area contributed by atoms with Crippen molar-refractivity contribution in [1.82, 2.24) is 0 Å². The Morgan fingerprint density at radius 2 is 1.77 bits per heavy atom. The van der Waals surface area contributed by atoms with Gasteiger partial charge in [-0.05, 0) is 0 Å². The molecule has 3 heteroatoms. The number of hydrogen-bond acceptors (Lipinski definition) is 1. The second-order valence-corrected chi connectivity index (χ2v) is 19.3. The Labute approximate surface area is 202 Å². The van der Waals surface area contributed by atoms with Crippen LogP contribution >= 0.6 is 8.25 Å². The van der Waals surface area contributed by atoms with E-state index in [1.165, 1.54) is 57.8 Å². The van der Waals surface area contributed by atoms with E-state index in [0.29, 0.717) is 10.8 Å². The second kappa shape index (κ2) is 9.29. The first-order valence-electron chi connectivity index (χ1n) is 13.2. The Morgan fingerprint density at radius 1 is 1.00 bits per heavy atom. The summed E-state index contributed by atoms with van der Waals surface area (Å²) >= 11 is -1.46. The van der Waals surface area contributed by atoms with Crippen LogP contribution in [0.1, 0.15) is 105 Å². The molecule has 4 rings (SSSR count). The molecule has 0 bridgehead atoms. The molecule has 1 N–H and O–H groups in total. The Bertz CT molecular complexity index is 659. The van der Waals surface area contributed by atoms with Crippen molar-refractivity contribution < 1.29 is 28.4 Å². The van der Waals surface area contributed by atoms with Crippen molar-refractivity contribution in [2.24, 2.45) is 46.3 Å². The Kier molecular flexibility index (Phi) is 7.45. The van der Waals surface area contributed by atoms with Gasteiger partial charge in [0.15, 0.2) is 0 Å². The van der Waals surface area contributed by atoms with Crippen LogP contribution in [0.25, 0.3) is 0 Å². The summed E-state index contributed by atoms with van der Waals surface area (Å²) in [6.07, 6.45) is 14.4. The fraction of sp³-hybridized carbons (Fsp3) is 0.926. The van der Waals surface area contributed by atoms with Crippen molar-refractivity contribution in [3.05, 3.63) is 8.65 Å². The maximum absolute atomic E-state index is 10.4. The van der Waals surface area contributed by atoms with Gasteiger partial charge in [0.25, 0.3) is 0 Å². The van der Waals surface area contributed by atoms with Crippen LogP contribution in [0, 0.1) is 46.3 Å². The molecular formula is C27H45ClHgO. The molecule has 4 unspecified atom stereocenters. The van der Waals surface area contributed by atoms with Gasteiger partial charge >= 0.3 is 203 Å². The van der Waals surface area contributed by atoms with Crippen LogP contribution in [0.3, 0.4) is 0 Å². The Morgan fingerprint density at radius 3 is 2.47 bits per heavy atom. The van der Waals surface area contributed by atoms with Gasteiger partial charge in [-0.15, -0.1) is 0 Å². The van der Waals surface area contributed by atoms with E-state index in [1.807, 2.05) is 0 Å². The fourth-order valence-electron chi connectivity index (χ4n) is 9.08. The number of aliphatic hydroxyl groups is 1. The monoisotopic (exact) mass is 622 g/mol. The third-order valence-electron chi connectivity index (χ3n) is 10.7. The zero-order valence-electron chi connectivity index (χ0n) is 20.4. The van der Waals surface area contributed by atoms with Crippen LogP contribution < -0.4 is 0 Å². The number of aliphatic hydroxyl groups excluding tert-OH is 1. The van der Waals surface area contributed by atoms with E-state index < -0.39 is 23.3 Å². The van der Waals surface area contributed by atoms with Gasteiger partial charge in [0.05, 0.1) is 0 Å². The minimum absolute atomic E-state index is 0.104. The topological polar surface area (TPSA) is 20.2 Å². The van der Waals surface area contributed by atoms with Gasteiger partial charge in [0.1, 0.15) is 0 Å².